The maximum Gasteiger partial charge on any atom is 0.171 e. The van der Waals surface area contributed by atoms with Gasteiger partial charge in [-0.3, -0.25) is 0 Å². The molecule has 7 heteroatoms. The van der Waals surface area contributed by atoms with Crippen LogP contribution in [-0.2, 0) is 19.7 Å². The van der Waals surface area contributed by atoms with E-state index >= 15 is 0 Å². The summed E-state index contributed by atoms with van der Waals surface area (Å²) in [6, 6.07) is 1.91. The molecular formula is C13H22O4S3. The Morgan fingerprint density at radius 1 is 1.15 bits per heavy atom. The molecule has 0 saturated heterocycles. The molecule has 0 amide bonds. The molecule has 0 saturated carbocycles. The predicted molar refractivity (Wildman–Crippen MR) is 84.7 cm³/mol. The first-order chi connectivity index (χ1) is 9.11. The van der Waals surface area contributed by atoms with Gasteiger partial charge in [-0.15, -0.1) is 0 Å². The molecule has 0 aliphatic heterocycles. The van der Waals surface area contributed by atoms with E-state index in [-0.39, 0.29) is 23.8 Å². The summed E-state index contributed by atoms with van der Waals surface area (Å²) in [5.41, 5.74) is 0.985. The molecule has 0 radical (unpaired) electrons. The highest BCUT2D eigenvalue weighted by molar-refractivity contribution is 8.10. The number of sulfone groups is 2. The third-order valence-electron chi connectivity index (χ3n) is 3.87. The largest absolute Gasteiger partial charge is 0.227 e. The monoisotopic (exact) mass is 338 g/mol. The molecule has 0 bridgehead atoms. The number of hydrogen-bond donors (Lipinski definition) is 0. The van der Waals surface area contributed by atoms with Crippen LogP contribution in [0.5, 0.6) is 0 Å². The number of hydrogen-bond acceptors (Lipinski definition) is 5. The molecule has 4 nitrogen and oxygen atoms in total. The number of rotatable bonds is 7. The quantitative estimate of drug-likeness (QED) is 0.766. The zero-order valence-corrected chi connectivity index (χ0v) is 14.7. The first-order valence-electron chi connectivity index (χ1n) is 6.58. The molecule has 1 rings (SSSR count). The van der Waals surface area contributed by atoms with Crippen molar-refractivity contribution in [2.45, 2.75) is 44.1 Å². The van der Waals surface area contributed by atoms with Gasteiger partial charge in [0.1, 0.15) is 0 Å². The summed E-state index contributed by atoms with van der Waals surface area (Å²) >= 11 is 1.52. The van der Waals surface area contributed by atoms with Crippen LogP contribution in [0, 0.1) is 0 Å². The smallest absolute Gasteiger partial charge is 0.171 e. The van der Waals surface area contributed by atoms with Crippen molar-refractivity contribution in [3.05, 3.63) is 22.4 Å². The standard InChI is InChI=1S/C13H22O4S3/c1-5-19(14,15)13(4,20(16,17)6-2)9-11(3)12-7-8-18-10-12/h7-8,10-11H,5-6,9H2,1-4H3. The summed E-state index contributed by atoms with van der Waals surface area (Å²) in [6.45, 7) is 6.21. The highest BCUT2D eigenvalue weighted by Gasteiger charge is 2.49. The molecule has 1 atom stereocenters. The Morgan fingerprint density at radius 3 is 2.00 bits per heavy atom. The van der Waals surface area contributed by atoms with E-state index in [2.05, 4.69) is 0 Å². The van der Waals surface area contributed by atoms with E-state index in [1.165, 1.54) is 32.1 Å². The Bertz CT molecular complexity index is 593. The fourth-order valence-corrected chi connectivity index (χ4v) is 7.55. The highest BCUT2D eigenvalue weighted by atomic mass is 32.3. The third-order valence-corrected chi connectivity index (χ3v) is 10.6. The van der Waals surface area contributed by atoms with E-state index in [9.17, 15) is 16.8 Å². The van der Waals surface area contributed by atoms with Gasteiger partial charge in [-0.05, 0) is 41.7 Å². The van der Waals surface area contributed by atoms with E-state index in [1.54, 1.807) is 0 Å². The van der Waals surface area contributed by atoms with E-state index in [0.29, 0.717) is 0 Å². The van der Waals surface area contributed by atoms with Crippen LogP contribution in [0.4, 0.5) is 0 Å². The normalized spacial score (nSPS) is 15.2. The van der Waals surface area contributed by atoms with Gasteiger partial charge in [0, 0.05) is 11.5 Å². The molecule has 0 N–H and O–H groups in total. The molecule has 1 unspecified atom stereocenters. The van der Waals surface area contributed by atoms with Crippen molar-refractivity contribution in [2.24, 2.45) is 0 Å². The van der Waals surface area contributed by atoms with E-state index in [1.807, 2.05) is 23.8 Å². The third kappa shape index (κ3) is 3.09. The fraction of sp³-hybridized carbons (Fsp3) is 0.692. The summed E-state index contributed by atoms with van der Waals surface area (Å²) in [5, 5.41) is 3.84. The molecule has 0 aliphatic rings. The lowest BCUT2D eigenvalue weighted by Gasteiger charge is -2.30. The predicted octanol–water partition coefficient (Wildman–Crippen LogP) is 2.83. The summed E-state index contributed by atoms with van der Waals surface area (Å²) in [4.78, 5) is 0. The average Bonchev–Trinajstić information content (AvgIpc) is 2.92. The van der Waals surface area contributed by atoms with Gasteiger partial charge in [0.25, 0.3) is 0 Å². The molecule has 1 heterocycles. The molecule has 1 aromatic rings. The topological polar surface area (TPSA) is 68.3 Å². The molecule has 0 fully saturated rings. The van der Waals surface area contributed by atoms with E-state index < -0.39 is 23.8 Å². The molecular weight excluding hydrogens is 316 g/mol. The van der Waals surface area contributed by atoms with Crippen molar-refractivity contribution in [1.82, 2.24) is 0 Å². The summed E-state index contributed by atoms with van der Waals surface area (Å²) in [6.07, 6.45) is 0.0933. The van der Waals surface area contributed by atoms with Crippen molar-refractivity contribution in [2.75, 3.05) is 11.5 Å². The van der Waals surface area contributed by atoms with Gasteiger partial charge in [0.2, 0.25) is 0 Å². The lowest BCUT2D eigenvalue weighted by molar-refractivity contribution is 0.519. The van der Waals surface area contributed by atoms with Crippen molar-refractivity contribution >= 4 is 31.0 Å². The lowest BCUT2D eigenvalue weighted by atomic mass is 9.99. The van der Waals surface area contributed by atoms with Crippen LogP contribution in [0.3, 0.4) is 0 Å². The first-order valence-corrected chi connectivity index (χ1v) is 10.8. The Balaban J connectivity index is 3.28. The Hall–Kier alpha value is -0.400. The molecule has 20 heavy (non-hydrogen) atoms. The second-order valence-electron chi connectivity index (χ2n) is 5.10. The van der Waals surface area contributed by atoms with Crippen LogP contribution in [-0.4, -0.2) is 32.4 Å². The van der Waals surface area contributed by atoms with Crippen LogP contribution in [0.25, 0.3) is 0 Å². The second-order valence-corrected chi connectivity index (χ2v) is 11.6. The average molecular weight is 339 g/mol. The van der Waals surface area contributed by atoms with Crippen LogP contribution in [0.2, 0.25) is 0 Å². The Morgan fingerprint density at radius 2 is 1.65 bits per heavy atom. The lowest BCUT2D eigenvalue weighted by Crippen LogP contribution is -2.46. The van der Waals surface area contributed by atoms with Crippen molar-refractivity contribution < 1.29 is 16.8 Å². The van der Waals surface area contributed by atoms with Gasteiger partial charge in [0.05, 0.1) is 0 Å². The maximum absolute atomic E-state index is 12.4. The van der Waals surface area contributed by atoms with Crippen molar-refractivity contribution in [1.29, 1.82) is 0 Å². The van der Waals surface area contributed by atoms with E-state index in [4.69, 9.17) is 0 Å². The number of thiophene rings is 1. The van der Waals surface area contributed by atoms with Gasteiger partial charge >= 0.3 is 0 Å². The first kappa shape index (κ1) is 17.7. The highest BCUT2D eigenvalue weighted by Crippen LogP contribution is 2.37. The van der Waals surface area contributed by atoms with E-state index in [0.717, 1.165) is 5.56 Å². The Kier molecular flexibility index (Phi) is 5.43. The second kappa shape index (κ2) is 6.15. The molecule has 1 aromatic heterocycles. The van der Waals surface area contributed by atoms with Gasteiger partial charge in [0.15, 0.2) is 23.8 Å². The van der Waals surface area contributed by atoms with Gasteiger partial charge in [-0.25, -0.2) is 16.8 Å². The van der Waals surface area contributed by atoms with Crippen molar-refractivity contribution in [3.8, 4) is 0 Å². The summed E-state index contributed by atoms with van der Waals surface area (Å²) < 4.78 is 47.7. The Labute approximate surface area is 126 Å². The zero-order valence-electron chi connectivity index (χ0n) is 12.3. The zero-order chi connectivity index (χ0) is 15.6. The maximum atomic E-state index is 12.4. The van der Waals surface area contributed by atoms with Crippen LogP contribution in [0.15, 0.2) is 16.8 Å². The van der Waals surface area contributed by atoms with Crippen molar-refractivity contribution in [3.63, 3.8) is 0 Å². The summed E-state index contributed by atoms with van der Waals surface area (Å²) in [5.74, 6) is -0.452. The van der Waals surface area contributed by atoms with Crippen LogP contribution >= 0.6 is 11.3 Å². The molecule has 0 aliphatic carbocycles. The molecule has 0 aromatic carbocycles. The van der Waals surface area contributed by atoms with Gasteiger partial charge in [-0.1, -0.05) is 20.8 Å². The molecule has 0 spiro atoms. The minimum Gasteiger partial charge on any atom is -0.227 e. The molecule has 116 valence electrons. The van der Waals surface area contributed by atoms with Gasteiger partial charge < -0.3 is 0 Å². The minimum absolute atomic E-state index is 0.0933. The fourth-order valence-electron chi connectivity index (χ4n) is 2.29. The summed E-state index contributed by atoms with van der Waals surface area (Å²) in [7, 11) is -7.40. The SMILES string of the molecule is CCS(=O)(=O)C(C)(CC(C)c1ccsc1)S(=O)(=O)CC. The minimum atomic E-state index is -3.70. The van der Waals surface area contributed by atoms with Gasteiger partial charge in [-0.2, -0.15) is 11.3 Å². The van der Waals surface area contributed by atoms with Crippen LogP contribution < -0.4 is 0 Å². The van der Waals surface area contributed by atoms with Crippen LogP contribution in [0.1, 0.15) is 45.6 Å².